The molecule has 1 aromatic carbocycles. The summed E-state index contributed by atoms with van der Waals surface area (Å²) in [5.41, 5.74) is 5.98. The van der Waals surface area contributed by atoms with Gasteiger partial charge >= 0.3 is 0 Å². The smallest absolute Gasteiger partial charge is 0.242 e. The molecule has 1 aliphatic rings. The minimum Gasteiger partial charge on any atom is -0.399 e. The van der Waals surface area contributed by atoms with Gasteiger partial charge in [0.25, 0.3) is 0 Å². The van der Waals surface area contributed by atoms with Crippen molar-refractivity contribution < 1.29 is 8.42 Å². The summed E-state index contributed by atoms with van der Waals surface area (Å²) in [5.74, 6) is 0.456. The summed E-state index contributed by atoms with van der Waals surface area (Å²) < 4.78 is 26.8. The maximum atomic E-state index is 12.1. The molecule has 1 aliphatic carbocycles. The monoisotopic (exact) mass is 274 g/mol. The molecule has 0 saturated heterocycles. The number of nitrogens with one attached hydrogen (secondary N) is 1. The Hall–Kier alpha value is -0.780. The van der Waals surface area contributed by atoms with Crippen LogP contribution in [0.25, 0.3) is 0 Å². The van der Waals surface area contributed by atoms with Gasteiger partial charge in [0.15, 0.2) is 0 Å². The van der Waals surface area contributed by atoms with Crippen molar-refractivity contribution >= 4 is 27.3 Å². The first-order valence-corrected chi connectivity index (χ1v) is 7.33. The molecule has 1 atom stereocenters. The highest BCUT2D eigenvalue weighted by Crippen LogP contribution is 2.33. The molecule has 6 heteroatoms. The molecule has 0 radical (unpaired) electrons. The number of sulfonamides is 1. The highest BCUT2D eigenvalue weighted by atomic mass is 35.5. The number of halogens is 1. The van der Waals surface area contributed by atoms with Gasteiger partial charge in [-0.1, -0.05) is 11.6 Å². The summed E-state index contributed by atoms with van der Waals surface area (Å²) in [5, 5.41) is 0.153. The number of hydrogen-bond donors (Lipinski definition) is 2. The molecule has 0 aromatic heterocycles. The summed E-state index contributed by atoms with van der Waals surface area (Å²) >= 11 is 5.89. The third kappa shape index (κ3) is 2.91. The van der Waals surface area contributed by atoms with Gasteiger partial charge in [-0.25, -0.2) is 13.1 Å². The average Bonchev–Trinajstić information content (AvgIpc) is 2.98. The van der Waals surface area contributed by atoms with Crippen LogP contribution in [0.2, 0.25) is 5.02 Å². The van der Waals surface area contributed by atoms with Gasteiger partial charge in [-0.2, -0.15) is 0 Å². The quantitative estimate of drug-likeness (QED) is 0.825. The van der Waals surface area contributed by atoms with Crippen LogP contribution in [0.15, 0.2) is 23.1 Å². The molecule has 0 spiro atoms. The first kappa shape index (κ1) is 12.7. The molecule has 0 heterocycles. The minimum atomic E-state index is -3.55. The standard InChI is InChI=1S/C11H15ClN2O2S/c1-7(8-2-3-8)14-17(15,16)11-5-4-9(13)6-10(11)12/h4-8,14H,2-3,13H2,1H3. The van der Waals surface area contributed by atoms with Crippen LogP contribution in [0, 0.1) is 5.92 Å². The SMILES string of the molecule is CC(NS(=O)(=O)c1ccc(N)cc1Cl)C1CC1. The molecule has 0 amide bonds. The maximum Gasteiger partial charge on any atom is 0.242 e. The van der Waals surface area contributed by atoms with Crippen LogP contribution in [-0.4, -0.2) is 14.5 Å². The van der Waals surface area contributed by atoms with Crippen LogP contribution in [0.4, 0.5) is 5.69 Å². The highest BCUT2D eigenvalue weighted by Gasteiger charge is 2.31. The van der Waals surface area contributed by atoms with Crippen molar-refractivity contribution in [1.82, 2.24) is 4.72 Å². The van der Waals surface area contributed by atoms with Crippen molar-refractivity contribution in [3.05, 3.63) is 23.2 Å². The molecular formula is C11H15ClN2O2S. The van der Waals surface area contributed by atoms with Crippen LogP contribution in [0.3, 0.4) is 0 Å². The average molecular weight is 275 g/mol. The number of benzene rings is 1. The highest BCUT2D eigenvalue weighted by molar-refractivity contribution is 7.89. The lowest BCUT2D eigenvalue weighted by Gasteiger charge is -2.14. The van der Waals surface area contributed by atoms with E-state index in [0.717, 1.165) is 12.8 Å². The molecule has 1 aromatic rings. The van der Waals surface area contributed by atoms with Crippen molar-refractivity contribution in [1.29, 1.82) is 0 Å². The van der Waals surface area contributed by atoms with Gasteiger partial charge in [0.1, 0.15) is 4.90 Å². The van der Waals surface area contributed by atoms with Crippen molar-refractivity contribution in [3.63, 3.8) is 0 Å². The zero-order valence-corrected chi connectivity index (χ0v) is 11.1. The third-order valence-corrected chi connectivity index (χ3v) is 4.96. The van der Waals surface area contributed by atoms with E-state index in [2.05, 4.69) is 4.72 Å². The van der Waals surface area contributed by atoms with E-state index in [1.54, 1.807) is 0 Å². The lowest BCUT2D eigenvalue weighted by atomic mass is 10.2. The fourth-order valence-electron chi connectivity index (χ4n) is 1.74. The van der Waals surface area contributed by atoms with E-state index in [4.69, 9.17) is 17.3 Å². The Morgan fingerprint density at radius 2 is 2.12 bits per heavy atom. The van der Waals surface area contributed by atoms with Crippen molar-refractivity contribution in [3.8, 4) is 0 Å². The predicted octanol–water partition coefficient (Wildman–Crippen LogP) is 2.00. The molecule has 0 aliphatic heterocycles. The van der Waals surface area contributed by atoms with Gasteiger partial charge in [0, 0.05) is 11.7 Å². The Kier molecular flexibility index (Phi) is 3.34. The van der Waals surface area contributed by atoms with E-state index < -0.39 is 10.0 Å². The molecule has 1 unspecified atom stereocenters. The van der Waals surface area contributed by atoms with Gasteiger partial charge in [-0.05, 0) is 43.9 Å². The number of nitrogens with two attached hydrogens (primary N) is 1. The number of anilines is 1. The molecule has 2 rings (SSSR count). The number of nitrogen functional groups attached to an aromatic ring is 1. The lowest BCUT2D eigenvalue weighted by molar-refractivity contribution is 0.538. The first-order valence-electron chi connectivity index (χ1n) is 5.47. The third-order valence-electron chi connectivity index (χ3n) is 2.92. The fraction of sp³-hybridized carbons (Fsp3) is 0.455. The van der Waals surface area contributed by atoms with Crippen LogP contribution in [-0.2, 0) is 10.0 Å². The zero-order chi connectivity index (χ0) is 12.6. The van der Waals surface area contributed by atoms with Crippen molar-refractivity contribution in [2.75, 3.05) is 5.73 Å². The Morgan fingerprint density at radius 1 is 1.47 bits per heavy atom. The van der Waals surface area contributed by atoms with Gasteiger partial charge in [0.2, 0.25) is 10.0 Å². The van der Waals surface area contributed by atoms with Gasteiger partial charge in [-0.15, -0.1) is 0 Å². The maximum absolute atomic E-state index is 12.1. The molecule has 94 valence electrons. The summed E-state index contributed by atoms with van der Waals surface area (Å²) in [6.07, 6.45) is 2.16. The number of hydrogen-bond acceptors (Lipinski definition) is 3. The second kappa shape index (κ2) is 4.48. The summed E-state index contributed by atoms with van der Waals surface area (Å²) in [6, 6.07) is 4.35. The van der Waals surface area contributed by atoms with E-state index >= 15 is 0 Å². The molecule has 1 fully saturated rings. The van der Waals surface area contributed by atoms with Gasteiger partial charge in [0.05, 0.1) is 5.02 Å². The van der Waals surface area contributed by atoms with Crippen molar-refractivity contribution in [2.45, 2.75) is 30.7 Å². The summed E-state index contributed by atoms with van der Waals surface area (Å²) in [4.78, 5) is 0.0841. The molecule has 1 saturated carbocycles. The molecule has 3 N–H and O–H groups in total. The topological polar surface area (TPSA) is 72.2 Å². The Balaban J connectivity index is 2.24. The van der Waals surface area contributed by atoms with E-state index in [1.165, 1.54) is 18.2 Å². The Labute approximate surface area is 106 Å². The summed E-state index contributed by atoms with van der Waals surface area (Å²) in [6.45, 7) is 1.88. The number of rotatable bonds is 4. The predicted molar refractivity (Wildman–Crippen MR) is 68.4 cm³/mol. The van der Waals surface area contributed by atoms with E-state index in [9.17, 15) is 8.42 Å². The molecular weight excluding hydrogens is 260 g/mol. The molecule has 4 nitrogen and oxygen atoms in total. The lowest BCUT2D eigenvalue weighted by Crippen LogP contribution is -2.34. The van der Waals surface area contributed by atoms with Crippen molar-refractivity contribution in [2.24, 2.45) is 5.92 Å². The largest absolute Gasteiger partial charge is 0.399 e. The first-order chi connectivity index (χ1) is 7.90. The Bertz CT molecular complexity index is 526. The van der Waals surface area contributed by atoms with Crippen LogP contribution in [0.1, 0.15) is 19.8 Å². The van der Waals surface area contributed by atoms with Crippen LogP contribution < -0.4 is 10.5 Å². The van der Waals surface area contributed by atoms with E-state index in [0.29, 0.717) is 11.6 Å². The van der Waals surface area contributed by atoms with Gasteiger partial charge < -0.3 is 5.73 Å². The fourth-order valence-corrected chi connectivity index (χ4v) is 3.60. The van der Waals surface area contributed by atoms with E-state index in [-0.39, 0.29) is 16.0 Å². The molecule has 17 heavy (non-hydrogen) atoms. The van der Waals surface area contributed by atoms with E-state index in [1.807, 2.05) is 6.92 Å². The van der Waals surface area contributed by atoms with Crippen LogP contribution in [0.5, 0.6) is 0 Å². The van der Waals surface area contributed by atoms with Crippen LogP contribution >= 0.6 is 11.6 Å². The normalized spacial score (nSPS) is 18.0. The second-order valence-corrected chi connectivity index (χ2v) is 6.53. The minimum absolute atomic E-state index is 0.0476. The zero-order valence-electron chi connectivity index (χ0n) is 9.48. The Morgan fingerprint density at radius 3 is 2.65 bits per heavy atom. The second-order valence-electron chi connectivity index (χ2n) is 4.44. The van der Waals surface area contributed by atoms with Gasteiger partial charge in [-0.3, -0.25) is 0 Å². The molecule has 0 bridgehead atoms. The summed E-state index contributed by atoms with van der Waals surface area (Å²) in [7, 11) is -3.55.